The zero-order valence-corrected chi connectivity index (χ0v) is 10.4. The Morgan fingerprint density at radius 1 is 1.35 bits per heavy atom. The first-order valence-corrected chi connectivity index (χ1v) is 6.25. The molecule has 1 aliphatic carbocycles. The summed E-state index contributed by atoms with van der Waals surface area (Å²) >= 11 is 0. The standard InChI is InChI=1S/C14H19F2N/c1-3-17-10(2)14(7-8-14)9-11-5-4-6-12(15)13(11)16/h4-6,10,17H,3,7-9H2,1-2H3. The van der Waals surface area contributed by atoms with Gasteiger partial charge in [0.2, 0.25) is 0 Å². The molecular weight excluding hydrogens is 220 g/mol. The van der Waals surface area contributed by atoms with Crippen molar-refractivity contribution in [3.8, 4) is 0 Å². The maximum absolute atomic E-state index is 13.6. The molecule has 3 heteroatoms. The summed E-state index contributed by atoms with van der Waals surface area (Å²) in [5.74, 6) is -1.42. The molecule has 1 nitrogen and oxygen atoms in total. The van der Waals surface area contributed by atoms with Crippen LogP contribution in [0.4, 0.5) is 8.78 Å². The number of hydrogen-bond donors (Lipinski definition) is 1. The summed E-state index contributed by atoms with van der Waals surface area (Å²) in [6.07, 6.45) is 2.82. The quantitative estimate of drug-likeness (QED) is 0.831. The van der Waals surface area contributed by atoms with Crippen molar-refractivity contribution in [2.45, 2.75) is 39.2 Å². The first kappa shape index (κ1) is 12.5. The van der Waals surface area contributed by atoms with Crippen LogP contribution >= 0.6 is 0 Å². The van der Waals surface area contributed by atoms with E-state index in [0.717, 1.165) is 19.4 Å². The Morgan fingerprint density at radius 3 is 2.65 bits per heavy atom. The smallest absolute Gasteiger partial charge is 0.162 e. The Balaban J connectivity index is 2.13. The van der Waals surface area contributed by atoms with Crippen LogP contribution in [0, 0.1) is 17.0 Å². The molecule has 1 saturated carbocycles. The lowest BCUT2D eigenvalue weighted by atomic mass is 9.89. The third-order valence-corrected chi connectivity index (χ3v) is 3.90. The molecule has 1 aromatic rings. The summed E-state index contributed by atoms with van der Waals surface area (Å²) in [6.45, 7) is 5.11. The molecule has 1 unspecified atom stereocenters. The number of hydrogen-bond acceptors (Lipinski definition) is 1. The normalized spacial score (nSPS) is 19.1. The summed E-state index contributed by atoms with van der Waals surface area (Å²) in [5, 5.41) is 3.39. The van der Waals surface area contributed by atoms with Crippen LogP contribution in [0.5, 0.6) is 0 Å². The van der Waals surface area contributed by atoms with Crippen molar-refractivity contribution in [3.63, 3.8) is 0 Å². The first-order valence-electron chi connectivity index (χ1n) is 6.25. The van der Waals surface area contributed by atoms with E-state index in [1.165, 1.54) is 6.07 Å². The third kappa shape index (κ3) is 2.49. The van der Waals surface area contributed by atoms with Gasteiger partial charge in [0.05, 0.1) is 0 Å². The maximum atomic E-state index is 13.6. The van der Waals surface area contributed by atoms with Gasteiger partial charge in [0.25, 0.3) is 0 Å². The van der Waals surface area contributed by atoms with Gasteiger partial charge in [0.1, 0.15) is 0 Å². The highest BCUT2D eigenvalue weighted by Crippen LogP contribution is 2.51. The van der Waals surface area contributed by atoms with Crippen LogP contribution in [-0.2, 0) is 6.42 Å². The minimum Gasteiger partial charge on any atom is -0.314 e. The molecule has 0 radical (unpaired) electrons. The molecule has 1 aliphatic rings. The van der Waals surface area contributed by atoms with Gasteiger partial charge in [-0.15, -0.1) is 0 Å². The van der Waals surface area contributed by atoms with E-state index in [1.54, 1.807) is 12.1 Å². The van der Waals surface area contributed by atoms with Crippen molar-refractivity contribution in [1.82, 2.24) is 5.32 Å². The van der Waals surface area contributed by atoms with E-state index < -0.39 is 11.6 Å². The number of rotatable bonds is 5. The summed E-state index contributed by atoms with van der Waals surface area (Å²) in [5.41, 5.74) is 0.636. The van der Waals surface area contributed by atoms with Gasteiger partial charge in [-0.25, -0.2) is 8.78 Å². The van der Waals surface area contributed by atoms with Gasteiger partial charge in [-0.3, -0.25) is 0 Å². The number of halogens is 2. The monoisotopic (exact) mass is 239 g/mol. The van der Waals surface area contributed by atoms with Crippen molar-refractivity contribution < 1.29 is 8.78 Å². The summed E-state index contributed by atoms with van der Waals surface area (Å²) < 4.78 is 26.7. The lowest BCUT2D eigenvalue weighted by Gasteiger charge is -2.24. The number of nitrogens with one attached hydrogen (secondary N) is 1. The molecule has 1 N–H and O–H groups in total. The predicted molar refractivity (Wildman–Crippen MR) is 64.9 cm³/mol. The first-order chi connectivity index (χ1) is 8.09. The summed E-state index contributed by atoms with van der Waals surface area (Å²) in [7, 11) is 0. The highest BCUT2D eigenvalue weighted by molar-refractivity contribution is 5.23. The molecule has 1 atom stereocenters. The van der Waals surface area contributed by atoms with Crippen LogP contribution in [0.3, 0.4) is 0 Å². The zero-order valence-electron chi connectivity index (χ0n) is 10.4. The van der Waals surface area contributed by atoms with E-state index in [4.69, 9.17) is 0 Å². The number of benzene rings is 1. The predicted octanol–water partition coefficient (Wildman–Crippen LogP) is 3.29. The minimum absolute atomic E-state index is 0.130. The lowest BCUT2D eigenvalue weighted by Crippen LogP contribution is -2.36. The molecule has 2 rings (SSSR count). The van der Waals surface area contributed by atoms with E-state index in [0.29, 0.717) is 18.0 Å². The molecule has 0 saturated heterocycles. The average molecular weight is 239 g/mol. The Bertz CT molecular complexity index is 399. The third-order valence-electron chi connectivity index (χ3n) is 3.90. The molecule has 17 heavy (non-hydrogen) atoms. The fourth-order valence-corrected chi connectivity index (χ4v) is 2.51. The topological polar surface area (TPSA) is 12.0 Å². The molecule has 0 bridgehead atoms. The van der Waals surface area contributed by atoms with E-state index in [2.05, 4.69) is 19.2 Å². The molecule has 94 valence electrons. The Labute approximate surface area is 101 Å². The van der Waals surface area contributed by atoms with Gasteiger partial charge in [-0.1, -0.05) is 19.1 Å². The van der Waals surface area contributed by atoms with Crippen molar-refractivity contribution in [2.75, 3.05) is 6.54 Å². The van der Waals surface area contributed by atoms with Gasteiger partial charge >= 0.3 is 0 Å². The minimum atomic E-state index is -0.741. The van der Waals surface area contributed by atoms with Crippen LogP contribution in [0.1, 0.15) is 32.3 Å². The van der Waals surface area contributed by atoms with E-state index in [1.807, 2.05) is 0 Å². The molecule has 0 aliphatic heterocycles. The van der Waals surface area contributed by atoms with Crippen LogP contribution in [-0.4, -0.2) is 12.6 Å². The zero-order chi connectivity index (χ0) is 12.5. The maximum Gasteiger partial charge on any atom is 0.162 e. The van der Waals surface area contributed by atoms with Gasteiger partial charge in [0.15, 0.2) is 11.6 Å². The highest BCUT2D eigenvalue weighted by atomic mass is 19.2. The van der Waals surface area contributed by atoms with Gasteiger partial charge in [-0.2, -0.15) is 0 Å². The average Bonchev–Trinajstić information content (AvgIpc) is 3.06. The largest absolute Gasteiger partial charge is 0.314 e. The van der Waals surface area contributed by atoms with Crippen LogP contribution < -0.4 is 5.32 Å². The summed E-state index contributed by atoms with van der Waals surface area (Å²) in [4.78, 5) is 0. The Morgan fingerprint density at radius 2 is 2.06 bits per heavy atom. The van der Waals surface area contributed by atoms with Crippen LogP contribution in [0.15, 0.2) is 18.2 Å². The van der Waals surface area contributed by atoms with Gasteiger partial charge < -0.3 is 5.32 Å². The van der Waals surface area contributed by atoms with E-state index in [9.17, 15) is 8.78 Å². The molecule has 1 fully saturated rings. The Kier molecular flexibility index (Phi) is 3.48. The van der Waals surface area contributed by atoms with E-state index >= 15 is 0 Å². The van der Waals surface area contributed by atoms with Gasteiger partial charge in [-0.05, 0) is 49.8 Å². The van der Waals surface area contributed by atoms with Crippen LogP contribution in [0.2, 0.25) is 0 Å². The lowest BCUT2D eigenvalue weighted by molar-refractivity contribution is 0.349. The second-order valence-corrected chi connectivity index (χ2v) is 5.03. The molecule has 0 aromatic heterocycles. The molecule has 0 amide bonds. The Hall–Kier alpha value is -0.960. The van der Waals surface area contributed by atoms with Crippen molar-refractivity contribution in [1.29, 1.82) is 0 Å². The van der Waals surface area contributed by atoms with Crippen molar-refractivity contribution >= 4 is 0 Å². The van der Waals surface area contributed by atoms with Crippen LogP contribution in [0.25, 0.3) is 0 Å². The van der Waals surface area contributed by atoms with Gasteiger partial charge in [0, 0.05) is 6.04 Å². The molecule has 0 spiro atoms. The SMILES string of the molecule is CCNC(C)C1(Cc2cccc(F)c2F)CC1. The fraction of sp³-hybridized carbons (Fsp3) is 0.571. The van der Waals surface area contributed by atoms with Crippen molar-refractivity contribution in [3.05, 3.63) is 35.4 Å². The second kappa shape index (κ2) is 4.73. The van der Waals surface area contributed by atoms with Crippen molar-refractivity contribution in [2.24, 2.45) is 5.41 Å². The molecular formula is C14H19F2N. The fourth-order valence-electron chi connectivity index (χ4n) is 2.51. The summed E-state index contributed by atoms with van der Waals surface area (Å²) in [6, 6.07) is 4.81. The van der Waals surface area contributed by atoms with E-state index in [-0.39, 0.29) is 5.41 Å². The molecule has 0 heterocycles. The highest BCUT2D eigenvalue weighted by Gasteiger charge is 2.47. The second-order valence-electron chi connectivity index (χ2n) is 5.03. The molecule has 1 aromatic carbocycles.